The fourth-order valence-corrected chi connectivity index (χ4v) is 2.70. The lowest BCUT2D eigenvalue weighted by Crippen LogP contribution is -2.24. The van der Waals surface area contributed by atoms with Crippen LogP contribution in [0.5, 0.6) is 0 Å². The highest BCUT2D eigenvalue weighted by atomic mass is 35.5. The van der Waals surface area contributed by atoms with Crippen LogP contribution in [0, 0.1) is 5.92 Å². The summed E-state index contributed by atoms with van der Waals surface area (Å²) in [6, 6.07) is 10.3. The van der Waals surface area contributed by atoms with Gasteiger partial charge >= 0.3 is 0 Å². The number of carbonyl (C=O) groups is 2. The third-order valence-electron chi connectivity index (χ3n) is 3.89. The number of hydrogen-bond donors (Lipinski definition) is 4. The average molecular weight is 389 g/mol. The molecule has 0 saturated heterocycles. The minimum Gasteiger partial charge on any atom is -0.399 e. The van der Waals surface area contributed by atoms with Crippen LogP contribution in [0.3, 0.4) is 0 Å². The van der Waals surface area contributed by atoms with E-state index in [-0.39, 0.29) is 17.7 Å². The van der Waals surface area contributed by atoms with Crippen LogP contribution >= 0.6 is 11.6 Å². The molecule has 6 nitrogen and oxygen atoms in total. The average Bonchev–Trinajstić information content (AvgIpc) is 2.60. The number of nitrogen functional groups attached to an aromatic ring is 1. The summed E-state index contributed by atoms with van der Waals surface area (Å²) in [7, 11) is 0. The van der Waals surface area contributed by atoms with Crippen LogP contribution in [-0.4, -0.2) is 18.4 Å². The Labute approximate surface area is 164 Å². The summed E-state index contributed by atoms with van der Waals surface area (Å²) >= 11 is 6.10. The third kappa shape index (κ3) is 5.89. The van der Waals surface area contributed by atoms with E-state index >= 15 is 0 Å². The molecule has 2 amide bonds. The highest BCUT2D eigenvalue weighted by Crippen LogP contribution is 2.21. The second-order valence-corrected chi connectivity index (χ2v) is 6.94. The summed E-state index contributed by atoms with van der Waals surface area (Å²) in [6.07, 6.45) is 0. The number of anilines is 3. The summed E-state index contributed by atoms with van der Waals surface area (Å²) in [5.74, 6) is -0.589. The number of carbonyl (C=O) groups excluding carboxylic acids is 2. The fourth-order valence-electron chi connectivity index (χ4n) is 2.46. The summed E-state index contributed by atoms with van der Waals surface area (Å²) in [4.78, 5) is 24.4. The highest BCUT2D eigenvalue weighted by Gasteiger charge is 2.12. The minimum absolute atomic E-state index is 0.138. The Hall–Kier alpha value is -2.73. The molecule has 2 aromatic rings. The topological polar surface area (TPSA) is 96.2 Å². The molecule has 0 aliphatic heterocycles. The van der Waals surface area contributed by atoms with Crippen molar-refractivity contribution >= 4 is 40.5 Å². The normalized spacial score (nSPS) is 10.6. The zero-order valence-corrected chi connectivity index (χ0v) is 16.5. The van der Waals surface area contributed by atoms with Gasteiger partial charge in [-0.3, -0.25) is 9.59 Å². The van der Waals surface area contributed by atoms with Crippen molar-refractivity contribution in [2.45, 2.75) is 27.3 Å². The van der Waals surface area contributed by atoms with Crippen molar-refractivity contribution in [2.24, 2.45) is 5.92 Å². The van der Waals surface area contributed by atoms with Crippen LogP contribution in [0.1, 0.15) is 36.7 Å². The van der Waals surface area contributed by atoms with Gasteiger partial charge in [-0.25, -0.2) is 0 Å². The first-order valence-electron chi connectivity index (χ1n) is 8.82. The molecule has 0 aromatic heterocycles. The molecule has 0 aliphatic carbocycles. The summed E-state index contributed by atoms with van der Waals surface area (Å²) in [6.45, 7) is 6.66. The zero-order chi connectivity index (χ0) is 20.0. The standard InChI is InChI=1S/C20H25ClN4O2/c1-4-23-18-10-16(22)6-5-13(18)11-24-20(27)14-7-15(21)9-17(8-14)25-19(26)12(2)3/h5-10,12,23H,4,11,22H2,1-3H3,(H,24,27)(H,25,26). The number of benzene rings is 2. The second kappa shape index (κ2) is 9.28. The van der Waals surface area contributed by atoms with Gasteiger partial charge in [0.15, 0.2) is 0 Å². The molecular formula is C20H25ClN4O2. The molecule has 0 heterocycles. The molecular weight excluding hydrogens is 364 g/mol. The van der Waals surface area contributed by atoms with E-state index in [1.165, 1.54) is 0 Å². The Bertz CT molecular complexity index is 837. The van der Waals surface area contributed by atoms with Crippen molar-refractivity contribution < 1.29 is 9.59 Å². The third-order valence-corrected chi connectivity index (χ3v) is 4.11. The Balaban J connectivity index is 2.12. The van der Waals surface area contributed by atoms with Crippen molar-refractivity contribution in [2.75, 3.05) is 22.9 Å². The van der Waals surface area contributed by atoms with Crippen molar-refractivity contribution in [3.8, 4) is 0 Å². The summed E-state index contributed by atoms with van der Waals surface area (Å²) in [5, 5.41) is 9.24. The van der Waals surface area contributed by atoms with E-state index in [1.807, 2.05) is 19.1 Å². The summed E-state index contributed by atoms with van der Waals surface area (Å²) in [5.41, 5.74) is 9.15. The molecule has 27 heavy (non-hydrogen) atoms. The molecule has 2 rings (SSSR count). The van der Waals surface area contributed by atoms with E-state index in [2.05, 4.69) is 16.0 Å². The van der Waals surface area contributed by atoms with Crippen LogP contribution in [0.15, 0.2) is 36.4 Å². The SMILES string of the molecule is CCNc1cc(N)ccc1CNC(=O)c1cc(Cl)cc(NC(=O)C(C)C)c1. The van der Waals surface area contributed by atoms with Gasteiger partial charge in [0.2, 0.25) is 5.91 Å². The highest BCUT2D eigenvalue weighted by molar-refractivity contribution is 6.31. The number of halogens is 1. The Kier molecular flexibility index (Phi) is 7.07. The van der Waals surface area contributed by atoms with Gasteiger partial charge < -0.3 is 21.7 Å². The van der Waals surface area contributed by atoms with Gasteiger partial charge in [-0.15, -0.1) is 0 Å². The Morgan fingerprint density at radius 3 is 2.56 bits per heavy atom. The van der Waals surface area contributed by atoms with Gasteiger partial charge in [-0.1, -0.05) is 31.5 Å². The lowest BCUT2D eigenvalue weighted by molar-refractivity contribution is -0.118. The largest absolute Gasteiger partial charge is 0.399 e. The monoisotopic (exact) mass is 388 g/mol. The first kappa shape index (κ1) is 20.6. The van der Waals surface area contributed by atoms with Crippen LogP contribution in [0.2, 0.25) is 5.02 Å². The number of nitrogens with one attached hydrogen (secondary N) is 3. The Morgan fingerprint density at radius 2 is 1.89 bits per heavy atom. The molecule has 2 aromatic carbocycles. The van der Waals surface area contributed by atoms with Crippen LogP contribution in [-0.2, 0) is 11.3 Å². The van der Waals surface area contributed by atoms with Crippen LogP contribution in [0.4, 0.5) is 17.1 Å². The van der Waals surface area contributed by atoms with Gasteiger partial charge in [-0.2, -0.15) is 0 Å². The van der Waals surface area contributed by atoms with E-state index < -0.39 is 0 Å². The van der Waals surface area contributed by atoms with Crippen molar-refractivity contribution in [3.63, 3.8) is 0 Å². The number of amides is 2. The summed E-state index contributed by atoms with van der Waals surface area (Å²) < 4.78 is 0. The Morgan fingerprint density at radius 1 is 1.15 bits per heavy atom. The van der Waals surface area contributed by atoms with E-state index in [0.29, 0.717) is 28.5 Å². The fraction of sp³-hybridized carbons (Fsp3) is 0.300. The molecule has 0 saturated carbocycles. The molecule has 0 spiro atoms. The molecule has 0 bridgehead atoms. The molecule has 0 atom stereocenters. The molecule has 0 unspecified atom stereocenters. The lowest BCUT2D eigenvalue weighted by atomic mass is 10.1. The van der Waals surface area contributed by atoms with Gasteiger partial charge in [-0.05, 0) is 42.8 Å². The second-order valence-electron chi connectivity index (χ2n) is 6.50. The number of hydrogen-bond acceptors (Lipinski definition) is 4. The zero-order valence-electron chi connectivity index (χ0n) is 15.7. The van der Waals surface area contributed by atoms with Crippen LogP contribution in [0.25, 0.3) is 0 Å². The van der Waals surface area contributed by atoms with Gasteiger partial charge in [0, 0.05) is 46.7 Å². The van der Waals surface area contributed by atoms with Crippen molar-refractivity contribution in [1.82, 2.24) is 5.32 Å². The molecule has 7 heteroatoms. The lowest BCUT2D eigenvalue weighted by Gasteiger charge is -2.13. The first-order valence-corrected chi connectivity index (χ1v) is 9.20. The number of rotatable bonds is 7. The minimum atomic E-state index is -0.281. The van der Waals surface area contributed by atoms with Gasteiger partial charge in [0.05, 0.1) is 0 Å². The quantitative estimate of drug-likeness (QED) is 0.541. The van der Waals surface area contributed by atoms with E-state index in [9.17, 15) is 9.59 Å². The maximum absolute atomic E-state index is 12.6. The smallest absolute Gasteiger partial charge is 0.251 e. The van der Waals surface area contributed by atoms with Crippen molar-refractivity contribution in [3.05, 3.63) is 52.5 Å². The van der Waals surface area contributed by atoms with Gasteiger partial charge in [0.25, 0.3) is 5.91 Å². The maximum atomic E-state index is 12.6. The maximum Gasteiger partial charge on any atom is 0.251 e. The molecule has 144 valence electrons. The van der Waals surface area contributed by atoms with E-state index in [4.69, 9.17) is 17.3 Å². The molecule has 0 fully saturated rings. The first-order chi connectivity index (χ1) is 12.8. The van der Waals surface area contributed by atoms with Gasteiger partial charge in [0.1, 0.15) is 0 Å². The van der Waals surface area contributed by atoms with Crippen LogP contribution < -0.4 is 21.7 Å². The molecule has 0 aliphatic rings. The van der Waals surface area contributed by atoms with E-state index in [0.717, 1.165) is 17.8 Å². The van der Waals surface area contributed by atoms with E-state index in [1.54, 1.807) is 38.1 Å². The predicted octanol–water partition coefficient (Wildman–Crippen LogP) is 3.88. The molecule has 0 radical (unpaired) electrons. The number of nitrogens with two attached hydrogens (primary N) is 1. The molecule has 5 N–H and O–H groups in total. The van der Waals surface area contributed by atoms with Crippen molar-refractivity contribution in [1.29, 1.82) is 0 Å². The predicted molar refractivity (Wildman–Crippen MR) is 111 cm³/mol.